The number of benzene rings is 1. The van der Waals surface area contributed by atoms with Gasteiger partial charge >= 0.3 is 0 Å². The number of fused-ring (bicyclic) bond motifs is 2. The SMILES string of the molecule is CNC(CC1CC2CCC1C2)c1c(C)c(C)cc(C)c1C. The van der Waals surface area contributed by atoms with Crippen LogP contribution in [0, 0.1) is 45.4 Å². The van der Waals surface area contributed by atoms with Crippen LogP contribution in [0.5, 0.6) is 0 Å². The average Bonchev–Trinajstić information content (AvgIpc) is 3.06. The van der Waals surface area contributed by atoms with Gasteiger partial charge < -0.3 is 5.32 Å². The zero-order chi connectivity index (χ0) is 15.1. The molecule has 3 rings (SSSR count). The molecular weight excluding hydrogens is 254 g/mol. The Hall–Kier alpha value is -0.820. The van der Waals surface area contributed by atoms with Crippen molar-refractivity contribution in [3.63, 3.8) is 0 Å². The second-order valence-corrected chi connectivity index (χ2v) is 7.69. The van der Waals surface area contributed by atoms with Crippen LogP contribution in [-0.2, 0) is 0 Å². The second kappa shape index (κ2) is 5.76. The lowest BCUT2D eigenvalue weighted by molar-refractivity contribution is 0.283. The molecule has 4 unspecified atom stereocenters. The molecule has 1 N–H and O–H groups in total. The molecule has 0 spiro atoms. The number of hydrogen-bond donors (Lipinski definition) is 1. The topological polar surface area (TPSA) is 12.0 Å². The fourth-order valence-corrected chi connectivity index (χ4v) is 5.12. The van der Waals surface area contributed by atoms with Crippen LogP contribution >= 0.6 is 0 Å². The highest BCUT2D eigenvalue weighted by molar-refractivity contribution is 5.45. The molecule has 2 aliphatic rings. The molecule has 0 radical (unpaired) electrons. The van der Waals surface area contributed by atoms with Gasteiger partial charge in [0.25, 0.3) is 0 Å². The summed E-state index contributed by atoms with van der Waals surface area (Å²) in [5.41, 5.74) is 7.47. The second-order valence-electron chi connectivity index (χ2n) is 7.69. The Balaban J connectivity index is 1.86. The summed E-state index contributed by atoms with van der Waals surface area (Å²) in [4.78, 5) is 0. The third-order valence-corrected chi connectivity index (χ3v) is 6.54. The first-order valence-corrected chi connectivity index (χ1v) is 8.75. The maximum Gasteiger partial charge on any atom is 0.0325 e. The monoisotopic (exact) mass is 285 g/mol. The molecule has 2 bridgehead atoms. The third kappa shape index (κ3) is 2.65. The predicted octanol–water partition coefficient (Wildman–Crippen LogP) is 5.01. The lowest BCUT2D eigenvalue weighted by Crippen LogP contribution is -2.24. The van der Waals surface area contributed by atoms with E-state index in [-0.39, 0.29) is 0 Å². The third-order valence-electron chi connectivity index (χ3n) is 6.54. The number of rotatable bonds is 4. The molecule has 1 heteroatoms. The van der Waals surface area contributed by atoms with Gasteiger partial charge in [0.05, 0.1) is 0 Å². The summed E-state index contributed by atoms with van der Waals surface area (Å²) >= 11 is 0. The average molecular weight is 285 g/mol. The summed E-state index contributed by atoms with van der Waals surface area (Å²) in [5.74, 6) is 3.04. The summed E-state index contributed by atoms with van der Waals surface area (Å²) in [7, 11) is 2.15. The molecule has 2 aliphatic carbocycles. The molecule has 2 fully saturated rings. The van der Waals surface area contributed by atoms with Gasteiger partial charge in [-0.25, -0.2) is 0 Å². The summed E-state index contributed by atoms with van der Waals surface area (Å²) in [6.45, 7) is 9.13. The maximum atomic E-state index is 3.64. The zero-order valence-corrected chi connectivity index (χ0v) is 14.4. The molecule has 0 amide bonds. The first kappa shape index (κ1) is 15.1. The van der Waals surface area contributed by atoms with Crippen molar-refractivity contribution in [2.75, 3.05) is 7.05 Å². The van der Waals surface area contributed by atoms with Gasteiger partial charge in [-0.1, -0.05) is 12.5 Å². The van der Waals surface area contributed by atoms with E-state index in [1.165, 1.54) is 54.4 Å². The van der Waals surface area contributed by atoms with Crippen molar-refractivity contribution < 1.29 is 0 Å². The van der Waals surface area contributed by atoms with Crippen LogP contribution in [0.4, 0.5) is 0 Å². The Kier molecular flexibility index (Phi) is 4.14. The van der Waals surface area contributed by atoms with E-state index in [0.29, 0.717) is 6.04 Å². The predicted molar refractivity (Wildman–Crippen MR) is 90.7 cm³/mol. The van der Waals surface area contributed by atoms with Crippen LogP contribution in [0.25, 0.3) is 0 Å². The van der Waals surface area contributed by atoms with Gasteiger partial charge in [-0.15, -0.1) is 0 Å². The molecule has 116 valence electrons. The Morgan fingerprint density at radius 1 is 1.05 bits per heavy atom. The summed E-state index contributed by atoms with van der Waals surface area (Å²) in [5, 5.41) is 3.64. The van der Waals surface area contributed by atoms with Crippen molar-refractivity contribution in [1.82, 2.24) is 5.32 Å². The van der Waals surface area contributed by atoms with E-state index in [1.807, 2.05) is 0 Å². The van der Waals surface area contributed by atoms with E-state index < -0.39 is 0 Å². The molecule has 1 aromatic rings. The highest BCUT2D eigenvalue weighted by Crippen LogP contribution is 2.51. The highest BCUT2D eigenvalue weighted by Gasteiger charge is 2.40. The Labute approximate surface area is 130 Å². The van der Waals surface area contributed by atoms with Crippen LogP contribution in [0.3, 0.4) is 0 Å². The van der Waals surface area contributed by atoms with Crippen molar-refractivity contribution in [3.8, 4) is 0 Å². The van der Waals surface area contributed by atoms with Crippen LogP contribution in [0.1, 0.15) is 66.0 Å². The molecule has 1 aromatic carbocycles. The molecule has 1 nitrogen and oxygen atoms in total. The lowest BCUT2D eigenvalue weighted by Gasteiger charge is -2.29. The molecule has 0 aromatic heterocycles. The number of aryl methyl sites for hydroxylation is 2. The van der Waals surface area contributed by atoms with E-state index >= 15 is 0 Å². The molecule has 4 atom stereocenters. The lowest BCUT2D eigenvalue weighted by atomic mass is 9.80. The molecular formula is C20H31N. The van der Waals surface area contributed by atoms with Gasteiger partial charge in [0.15, 0.2) is 0 Å². The maximum absolute atomic E-state index is 3.64. The minimum atomic E-state index is 0.535. The Bertz CT molecular complexity index is 505. The van der Waals surface area contributed by atoms with Crippen molar-refractivity contribution in [1.29, 1.82) is 0 Å². The molecule has 21 heavy (non-hydrogen) atoms. The smallest absolute Gasteiger partial charge is 0.0325 e. The zero-order valence-electron chi connectivity index (χ0n) is 14.4. The van der Waals surface area contributed by atoms with E-state index in [0.717, 1.165) is 17.8 Å². The fraction of sp³-hybridized carbons (Fsp3) is 0.700. The largest absolute Gasteiger partial charge is 0.313 e. The normalized spacial score (nSPS) is 29.1. The van der Waals surface area contributed by atoms with E-state index in [9.17, 15) is 0 Å². The summed E-state index contributed by atoms with van der Waals surface area (Å²) in [6, 6.07) is 2.88. The first-order chi connectivity index (χ1) is 10.0. The molecule has 0 saturated heterocycles. The molecule has 0 heterocycles. The van der Waals surface area contributed by atoms with Crippen molar-refractivity contribution in [2.24, 2.45) is 17.8 Å². The van der Waals surface area contributed by atoms with Crippen LogP contribution in [0.15, 0.2) is 6.07 Å². The Morgan fingerprint density at radius 2 is 1.71 bits per heavy atom. The number of nitrogens with one attached hydrogen (secondary N) is 1. The van der Waals surface area contributed by atoms with Crippen molar-refractivity contribution in [3.05, 3.63) is 33.9 Å². The van der Waals surface area contributed by atoms with Crippen LogP contribution in [0.2, 0.25) is 0 Å². The number of hydrogen-bond acceptors (Lipinski definition) is 1. The van der Waals surface area contributed by atoms with Gasteiger partial charge in [-0.3, -0.25) is 0 Å². The minimum absolute atomic E-state index is 0.535. The van der Waals surface area contributed by atoms with Crippen molar-refractivity contribution in [2.45, 2.75) is 65.8 Å². The summed E-state index contributed by atoms with van der Waals surface area (Å²) < 4.78 is 0. The van der Waals surface area contributed by atoms with E-state index in [1.54, 1.807) is 5.56 Å². The quantitative estimate of drug-likeness (QED) is 0.820. The first-order valence-electron chi connectivity index (χ1n) is 8.75. The van der Waals surface area contributed by atoms with E-state index in [4.69, 9.17) is 0 Å². The Morgan fingerprint density at radius 3 is 2.19 bits per heavy atom. The minimum Gasteiger partial charge on any atom is -0.313 e. The summed E-state index contributed by atoms with van der Waals surface area (Å²) in [6.07, 6.45) is 7.35. The van der Waals surface area contributed by atoms with Crippen molar-refractivity contribution >= 4 is 0 Å². The van der Waals surface area contributed by atoms with Gasteiger partial charge in [-0.2, -0.15) is 0 Å². The molecule has 0 aliphatic heterocycles. The van der Waals surface area contributed by atoms with Crippen LogP contribution < -0.4 is 5.32 Å². The molecule has 2 saturated carbocycles. The van der Waals surface area contributed by atoms with Gasteiger partial charge in [0.2, 0.25) is 0 Å². The highest BCUT2D eigenvalue weighted by atomic mass is 14.9. The standard InChI is InChI=1S/C20H31N/c1-12-8-13(2)15(4)20(14(12)3)19(21-5)11-18-10-16-6-7-17(18)9-16/h8,16-19,21H,6-7,9-11H2,1-5H3. The van der Waals surface area contributed by atoms with Gasteiger partial charge in [0, 0.05) is 6.04 Å². The van der Waals surface area contributed by atoms with E-state index in [2.05, 4.69) is 46.1 Å². The van der Waals surface area contributed by atoms with Gasteiger partial charge in [0.1, 0.15) is 0 Å². The van der Waals surface area contributed by atoms with Crippen LogP contribution in [-0.4, -0.2) is 7.05 Å². The fourth-order valence-electron chi connectivity index (χ4n) is 5.12. The van der Waals surface area contributed by atoms with Gasteiger partial charge in [-0.05, 0) is 106 Å².